The van der Waals surface area contributed by atoms with Gasteiger partial charge in [0.25, 0.3) is 5.91 Å². The molecular formula is C36H34ClN3O6. The van der Waals surface area contributed by atoms with E-state index in [1.165, 1.54) is 13.3 Å². The van der Waals surface area contributed by atoms with Crippen molar-refractivity contribution in [3.8, 4) is 34.1 Å². The van der Waals surface area contributed by atoms with E-state index < -0.39 is 11.9 Å². The molecule has 46 heavy (non-hydrogen) atoms. The number of hydrogen-bond donors (Lipinski definition) is 2. The first-order chi connectivity index (χ1) is 22.2. The van der Waals surface area contributed by atoms with Crippen LogP contribution in [0.2, 0.25) is 5.02 Å². The third-order valence-corrected chi connectivity index (χ3v) is 7.50. The van der Waals surface area contributed by atoms with Crippen molar-refractivity contribution in [3.63, 3.8) is 0 Å². The number of aromatic amines is 1. The minimum absolute atomic E-state index is 0.216. The summed E-state index contributed by atoms with van der Waals surface area (Å²) in [6.07, 6.45) is 1.47. The Morgan fingerprint density at radius 2 is 1.63 bits per heavy atom. The summed E-state index contributed by atoms with van der Waals surface area (Å²) in [5.41, 5.74) is 8.23. The number of nitrogens with zero attached hydrogens (tertiary/aromatic N) is 1. The van der Waals surface area contributed by atoms with Crippen molar-refractivity contribution in [2.45, 2.75) is 27.7 Å². The highest BCUT2D eigenvalue weighted by atomic mass is 35.5. The number of benzene rings is 4. The lowest BCUT2D eigenvalue weighted by Crippen LogP contribution is -2.19. The number of ether oxygens (including phenoxy) is 4. The van der Waals surface area contributed by atoms with Crippen LogP contribution >= 0.6 is 11.6 Å². The standard InChI is InChI=1S/C36H34ClN3O6/c1-6-44-28-15-13-24(19-31(28)45-7-2)36(42)46-29-14-12-23(18-30(29)43-5)20-38-40-35(41)34-32(25-10-8-9-11-27(25)37)26-17-21(3)16-22(4)33(26)39-34/h8-20,39H,6-7H2,1-5H3,(H,40,41). The van der Waals surface area contributed by atoms with Gasteiger partial charge in [-0.2, -0.15) is 5.10 Å². The average molecular weight is 640 g/mol. The molecule has 0 aliphatic heterocycles. The number of halogens is 1. The molecule has 0 saturated heterocycles. The molecule has 0 spiro atoms. The minimum Gasteiger partial charge on any atom is -0.493 e. The van der Waals surface area contributed by atoms with Crippen LogP contribution in [0, 0.1) is 13.8 Å². The summed E-state index contributed by atoms with van der Waals surface area (Å²) in [6, 6.07) is 21.3. The number of H-pyrrole nitrogens is 1. The summed E-state index contributed by atoms with van der Waals surface area (Å²) in [4.78, 5) is 29.7. The smallest absolute Gasteiger partial charge is 0.343 e. The van der Waals surface area contributed by atoms with Crippen molar-refractivity contribution >= 4 is 40.6 Å². The summed E-state index contributed by atoms with van der Waals surface area (Å²) in [7, 11) is 1.47. The normalized spacial score (nSPS) is 11.1. The van der Waals surface area contributed by atoms with Gasteiger partial charge in [0.1, 0.15) is 5.69 Å². The first-order valence-electron chi connectivity index (χ1n) is 14.7. The number of hydrazone groups is 1. The van der Waals surface area contributed by atoms with E-state index >= 15 is 0 Å². The van der Waals surface area contributed by atoms with E-state index in [1.54, 1.807) is 42.5 Å². The average Bonchev–Trinajstić information content (AvgIpc) is 3.42. The van der Waals surface area contributed by atoms with Crippen molar-refractivity contribution in [1.29, 1.82) is 0 Å². The third-order valence-electron chi connectivity index (χ3n) is 7.17. The number of hydrogen-bond acceptors (Lipinski definition) is 7. The van der Waals surface area contributed by atoms with Gasteiger partial charge >= 0.3 is 5.97 Å². The Morgan fingerprint density at radius 1 is 0.891 bits per heavy atom. The lowest BCUT2D eigenvalue weighted by atomic mass is 9.99. The number of carbonyl (C=O) groups is 2. The van der Waals surface area contributed by atoms with Crippen molar-refractivity contribution in [1.82, 2.24) is 10.4 Å². The van der Waals surface area contributed by atoms with Crippen LogP contribution in [0.3, 0.4) is 0 Å². The zero-order chi connectivity index (χ0) is 32.8. The highest BCUT2D eigenvalue weighted by Crippen LogP contribution is 2.38. The zero-order valence-corrected chi connectivity index (χ0v) is 27.0. The number of aromatic nitrogens is 1. The van der Waals surface area contributed by atoms with E-state index in [4.69, 9.17) is 30.5 Å². The first-order valence-corrected chi connectivity index (χ1v) is 15.1. The Balaban J connectivity index is 1.35. The summed E-state index contributed by atoms with van der Waals surface area (Å²) >= 11 is 6.57. The second-order valence-corrected chi connectivity index (χ2v) is 10.8. The SMILES string of the molecule is CCOc1ccc(C(=O)Oc2ccc(C=NNC(=O)c3[nH]c4c(C)cc(C)cc4c3-c3ccccc3Cl)cc2OC)cc1OCC. The van der Waals surface area contributed by atoms with Gasteiger partial charge in [0.15, 0.2) is 23.0 Å². The Hall–Kier alpha value is -5.28. The Bertz CT molecular complexity index is 1950. The third kappa shape index (κ3) is 6.84. The van der Waals surface area contributed by atoms with Crippen LogP contribution in [0.25, 0.3) is 22.0 Å². The van der Waals surface area contributed by atoms with E-state index in [0.717, 1.165) is 27.6 Å². The number of nitrogens with one attached hydrogen (secondary N) is 2. The molecule has 2 N–H and O–H groups in total. The van der Waals surface area contributed by atoms with Gasteiger partial charge in [0, 0.05) is 27.1 Å². The second-order valence-electron chi connectivity index (χ2n) is 10.4. The van der Waals surface area contributed by atoms with E-state index in [2.05, 4.69) is 21.6 Å². The molecule has 0 aliphatic carbocycles. The molecule has 0 aliphatic rings. The van der Waals surface area contributed by atoms with Crippen molar-refractivity contribution < 1.29 is 28.5 Å². The Morgan fingerprint density at radius 3 is 2.37 bits per heavy atom. The van der Waals surface area contributed by atoms with Crippen LogP contribution in [-0.4, -0.2) is 43.4 Å². The molecule has 5 aromatic rings. The molecule has 10 heteroatoms. The van der Waals surface area contributed by atoms with Crippen molar-refractivity contribution in [3.05, 3.63) is 106 Å². The molecule has 0 bridgehead atoms. The maximum Gasteiger partial charge on any atom is 0.343 e. The molecule has 236 valence electrons. The molecule has 0 unspecified atom stereocenters. The number of esters is 1. The predicted molar refractivity (Wildman–Crippen MR) is 180 cm³/mol. The summed E-state index contributed by atoms with van der Waals surface area (Å²) < 4.78 is 22.3. The summed E-state index contributed by atoms with van der Waals surface area (Å²) in [5.74, 6) is 0.503. The lowest BCUT2D eigenvalue weighted by Gasteiger charge is -2.13. The van der Waals surface area contributed by atoms with Gasteiger partial charge in [-0.05, 0) is 87.4 Å². The number of aryl methyl sites for hydroxylation is 2. The molecule has 0 fully saturated rings. The van der Waals surface area contributed by atoms with Crippen molar-refractivity contribution in [2.75, 3.05) is 20.3 Å². The van der Waals surface area contributed by atoms with E-state index in [-0.39, 0.29) is 5.75 Å². The zero-order valence-electron chi connectivity index (χ0n) is 26.2. The number of amides is 1. The van der Waals surface area contributed by atoms with Gasteiger partial charge in [-0.1, -0.05) is 41.4 Å². The minimum atomic E-state index is -0.589. The van der Waals surface area contributed by atoms with E-state index in [0.29, 0.717) is 57.9 Å². The topological polar surface area (TPSA) is 111 Å². The number of carbonyl (C=O) groups excluding carboxylic acids is 2. The number of rotatable bonds is 11. The Kier molecular flexibility index (Phi) is 9.93. The van der Waals surface area contributed by atoms with Crippen LogP contribution < -0.4 is 24.4 Å². The second kappa shape index (κ2) is 14.2. The lowest BCUT2D eigenvalue weighted by molar-refractivity contribution is 0.0728. The largest absolute Gasteiger partial charge is 0.493 e. The fourth-order valence-corrected chi connectivity index (χ4v) is 5.40. The first kappa shape index (κ1) is 32.1. The van der Waals surface area contributed by atoms with Gasteiger partial charge in [-0.25, -0.2) is 10.2 Å². The van der Waals surface area contributed by atoms with Crippen LogP contribution in [0.1, 0.15) is 51.4 Å². The van der Waals surface area contributed by atoms with Gasteiger partial charge in [0.2, 0.25) is 0 Å². The molecule has 5 rings (SSSR count). The van der Waals surface area contributed by atoms with Gasteiger partial charge in [-0.3, -0.25) is 4.79 Å². The van der Waals surface area contributed by atoms with Crippen LogP contribution in [0.4, 0.5) is 0 Å². The molecule has 0 radical (unpaired) electrons. The number of methoxy groups -OCH3 is 1. The molecule has 4 aromatic carbocycles. The van der Waals surface area contributed by atoms with Crippen molar-refractivity contribution in [2.24, 2.45) is 5.10 Å². The van der Waals surface area contributed by atoms with Crippen LogP contribution in [0.5, 0.6) is 23.0 Å². The van der Waals surface area contributed by atoms with Crippen LogP contribution in [-0.2, 0) is 0 Å². The molecular weight excluding hydrogens is 606 g/mol. The molecule has 0 saturated carbocycles. The summed E-state index contributed by atoms with van der Waals surface area (Å²) in [5, 5.41) is 5.61. The van der Waals surface area contributed by atoms with Gasteiger partial charge < -0.3 is 23.9 Å². The Labute approximate surface area is 272 Å². The highest BCUT2D eigenvalue weighted by molar-refractivity contribution is 6.34. The molecule has 1 amide bonds. The maximum absolute atomic E-state index is 13.5. The van der Waals surface area contributed by atoms with Gasteiger partial charge in [-0.15, -0.1) is 0 Å². The fourth-order valence-electron chi connectivity index (χ4n) is 5.17. The maximum atomic E-state index is 13.5. The number of fused-ring (bicyclic) bond motifs is 1. The van der Waals surface area contributed by atoms with Gasteiger partial charge in [0.05, 0.1) is 32.1 Å². The van der Waals surface area contributed by atoms with E-state index in [1.807, 2.05) is 52.0 Å². The molecule has 1 heterocycles. The quantitative estimate of drug-likeness (QED) is 0.0658. The molecule has 0 atom stereocenters. The molecule has 9 nitrogen and oxygen atoms in total. The summed E-state index contributed by atoms with van der Waals surface area (Å²) in [6.45, 7) is 8.61. The van der Waals surface area contributed by atoms with E-state index in [9.17, 15) is 9.59 Å². The molecule has 1 aromatic heterocycles. The highest BCUT2D eigenvalue weighted by Gasteiger charge is 2.22. The fraction of sp³-hybridized carbons (Fsp3) is 0.194. The van der Waals surface area contributed by atoms with Crippen LogP contribution in [0.15, 0.2) is 77.9 Å². The predicted octanol–water partition coefficient (Wildman–Crippen LogP) is 7.89. The monoisotopic (exact) mass is 639 g/mol.